The molecular weight excluding hydrogens is 300 g/mol. The van der Waals surface area contributed by atoms with Crippen molar-refractivity contribution in [2.24, 2.45) is 11.8 Å². The third-order valence-corrected chi connectivity index (χ3v) is 5.08. The summed E-state index contributed by atoms with van der Waals surface area (Å²) < 4.78 is 6.34. The van der Waals surface area contributed by atoms with E-state index in [1.807, 2.05) is 0 Å². The van der Waals surface area contributed by atoms with E-state index in [1.54, 1.807) is 0 Å². The lowest BCUT2D eigenvalue weighted by Crippen LogP contribution is -2.28. The van der Waals surface area contributed by atoms with Gasteiger partial charge in [-0.1, -0.05) is 59.6 Å². The second kappa shape index (κ2) is 6.90. The highest BCUT2D eigenvalue weighted by Crippen LogP contribution is 2.34. The molecule has 0 aromatic heterocycles. The summed E-state index contributed by atoms with van der Waals surface area (Å²) in [5, 5.41) is 0.872. The van der Waals surface area contributed by atoms with Crippen molar-refractivity contribution in [3.05, 3.63) is 35.4 Å². The number of rotatable bonds is 4. The molecule has 1 aliphatic rings. The second-order valence-electron chi connectivity index (χ2n) is 6.08. The van der Waals surface area contributed by atoms with E-state index in [9.17, 15) is 0 Å². The molecule has 0 radical (unpaired) electrons. The maximum Gasteiger partial charge on any atom is 0.0925 e. The average Bonchev–Trinajstić information content (AvgIpc) is 2.41. The fourth-order valence-corrected chi connectivity index (χ4v) is 3.37. The first-order chi connectivity index (χ1) is 9.10. The zero-order chi connectivity index (χ0) is 13.8. The van der Waals surface area contributed by atoms with Crippen LogP contribution in [0.3, 0.4) is 0 Å². The Hall–Kier alpha value is -0.340. The lowest BCUT2D eigenvalue weighted by atomic mass is 9.80. The lowest BCUT2D eigenvalue weighted by Gasteiger charge is -2.34. The third-order valence-electron chi connectivity index (χ3n) is 4.50. The molecule has 19 heavy (non-hydrogen) atoms. The predicted octanol–water partition coefficient (Wildman–Crippen LogP) is 5.27. The van der Waals surface area contributed by atoms with Gasteiger partial charge in [-0.25, -0.2) is 0 Å². The van der Waals surface area contributed by atoms with E-state index in [-0.39, 0.29) is 6.10 Å². The molecule has 1 nitrogen and oxygen atoms in total. The van der Waals surface area contributed by atoms with Crippen molar-refractivity contribution in [2.45, 2.75) is 52.2 Å². The van der Waals surface area contributed by atoms with Gasteiger partial charge in [-0.3, -0.25) is 0 Å². The van der Waals surface area contributed by atoms with Crippen LogP contribution in [-0.4, -0.2) is 11.4 Å². The minimum atomic E-state index is 0.186. The Bertz CT molecular complexity index is 387. The van der Waals surface area contributed by atoms with Crippen LogP contribution in [0.15, 0.2) is 24.3 Å². The monoisotopic (exact) mass is 324 g/mol. The molecule has 1 aromatic carbocycles. The van der Waals surface area contributed by atoms with Crippen LogP contribution in [0.4, 0.5) is 0 Å². The van der Waals surface area contributed by atoms with Crippen LogP contribution in [0.2, 0.25) is 0 Å². The summed E-state index contributed by atoms with van der Waals surface area (Å²) in [5.74, 6) is 1.63. The van der Waals surface area contributed by atoms with Crippen molar-refractivity contribution in [1.29, 1.82) is 0 Å². The Morgan fingerprint density at radius 3 is 2.42 bits per heavy atom. The number of halogens is 1. The highest BCUT2D eigenvalue weighted by Gasteiger charge is 2.27. The molecule has 1 fully saturated rings. The van der Waals surface area contributed by atoms with Crippen molar-refractivity contribution >= 4 is 15.9 Å². The van der Waals surface area contributed by atoms with Crippen molar-refractivity contribution in [3.63, 3.8) is 0 Å². The molecule has 0 saturated heterocycles. The Morgan fingerprint density at radius 2 is 1.84 bits per heavy atom. The number of benzene rings is 1. The number of aryl methyl sites for hydroxylation is 1. The van der Waals surface area contributed by atoms with Crippen LogP contribution < -0.4 is 0 Å². The molecule has 4 unspecified atom stereocenters. The van der Waals surface area contributed by atoms with E-state index in [0.29, 0.717) is 6.10 Å². The van der Waals surface area contributed by atoms with E-state index in [2.05, 4.69) is 61.0 Å². The van der Waals surface area contributed by atoms with E-state index in [1.165, 1.54) is 30.4 Å². The summed E-state index contributed by atoms with van der Waals surface area (Å²) in [5.41, 5.74) is 2.59. The molecule has 0 heterocycles. The highest BCUT2D eigenvalue weighted by atomic mass is 79.9. The number of ether oxygens (including phenoxy) is 1. The Balaban J connectivity index is 1.97. The van der Waals surface area contributed by atoms with Gasteiger partial charge in [0.1, 0.15) is 0 Å². The second-order valence-corrected chi connectivity index (χ2v) is 6.73. The molecule has 106 valence electrons. The first kappa shape index (κ1) is 15.1. The average molecular weight is 325 g/mol. The summed E-state index contributed by atoms with van der Waals surface area (Å²) in [6.45, 7) is 6.84. The smallest absolute Gasteiger partial charge is 0.0925 e. The van der Waals surface area contributed by atoms with Gasteiger partial charge in [-0.15, -0.1) is 0 Å². The van der Waals surface area contributed by atoms with Crippen molar-refractivity contribution in [2.75, 3.05) is 5.33 Å². The van der Waals surface area contributed by atoms with Crippen molar-refractivity contribution in [1.82, 2.24) is 0 Å². The van der Waals surface area contributed by atoms with Gasteiger partial charge in [0.2, 0.25) is 0 Å². The molecule has 1 aliphatic carbocycles. The molecule has 2 rings (SSSR count). The van der Waals surface area contributed by atoms with E-state index in [0.717, 1.165) is 17.2 Å². The molecule has 0 bridgehead atoms. The van der Waals surface area contributed by atoms with Gasteiger partial charge in [-0.2, -0.15) is 0 Å². The maximum atomic E-state index is 6.34. The fourth-order valence-electron chi connectivity index (χ4n) is 2.84. The summed E-state index contributed by atoms with van der Waals surface area (Å²) >= 11 is 3.60. The quantitative estimate of drug-likeness (QED) is 0.685. The van der Waals surface area contributed by atoms with Gasteiger partial charge in [0.25, 0.3) is 0 Å². The molecular formula is C17H25BrO. The molecule has 1 aromatic rings. The van der Waals surface area contributed by atoms with Crippen LogP contribution in [0, 0.1) is 18.8 Å². The molecule has 0 spiro atoms. The Labute approximate surface area is 125 Å². The molecule has 0 aliphatic heterocycles. The Kier molecular flexibility index (Phi) is 5.47. The van der Waals surface area contributed by atoms with Crippen LogP contribution in [0.25, 0.3) is 0 Å². The van der Waals surface area contributed by atoms with E-state index in [4.69, 9.17) is 4.74 Å². The zero-order valence-corrected chi connectivity index (χ0v) is 13.8. The first-order valence-corrected chi connectivity index (χ1v) is 8.50. The summed E-state index contributed by atoms with van der Waals surface area (Å²) in [7, 11) is 0. The van der Waals surface area contributed by atoms with Gasteiger partial charge >= 0.3 is 0 Å². The van der Waals surface area contributed by atoms with Crippen LogP contribution in [0.5, 0.6) is 0 Å². The highest BCUT2D eigenvalue weighted by molar-refractivity contribution is 9.09. The molecule has 2 heteroatoms. The molecule has 0 amide bonds. The predicted molar refractivity (Wildman–Crippen MR) is 84.8 cm³/mol. The maximum absolute atomic E-state index is 6.34. The number of alkyl halides is 1. The topological polar surface area (TPSA) is 9.23 Å². The van der Waals surface area contributed by atoms with Crippen molar-refractivity contribution < 1.29 is 4.74 Å². The minimum Gasteiger partial charge on any atom is -0.369 e. The van der Waals surface area contributed by atoms with E-state index < -0.39 is 0 Å². The molecule has 4 atom stereocenters. The van der Waals surface area contributed by atoms with Gasteiger partial charge in [0.15, 0.2) is 0 Å². The van der Waals surface area contributed by atoms with E-state index >= 15 is 0 Å². The van der Waals surface area contributed by atoms with Crippen LogP contribution in [0.1, 0.15) is 50.3 Å². The summed E-state index contributed by atoms with van der Waals surface area (Å²) in [6, 6.07) is 8.71. The third kappa shape index (κ3) is 4.06. The normalized spacial score (nSPS) is 29.2. The molecule has 0 N–H and O–H groups in total. The van der Waals surface area contributed by atoms with Gasteiger partial charge in [-0.05, 0) is 43.6 Å². The van der Waals surface area contributed by atoms with Crippen molar-refractivity contribution in [3.8, 4) is 0 Å². The summed E-state index contributed by atoms with van der Waals surface area (Å²) in [4.78, 5) is 0. The van der Waals surface area contributed by atoms with Gasteiger partial charge < -0.3 is 4.74 Å². The largest absolute Gasteiger partial charge is 0.369 e. The SMILES string of the molecule is Cc1ccc(C(CBr)OC2CCC(C)C(C)C2)cc1. The van der Waals surface area contributed by atoms with Crippen LogP contribution in [-0.2, 0) is 4.74 Å². The van der Waals surface area contributed by atoms with Gasteiger partial charge in [0.05, 0.1) is 12.2 Å². The zero-order valence-electron chi connectivity index (χ0n) is 12.2. The molecule has 1 saturated carbocycles. The summed E-state index contributed by atoms with van der Waals surface area (Å²) in [6.07, 6.45) is 4.33. The van der Waals surface area contributed by atoms with Gasteiger partial charge in [0, 0.05) is 5.33 Å². The lowest BCUT2D eigenvalue weighted by molar-refractivity contribution is -0.0384. The van der Waals surface area contributed by atoms with Crippen LogP contribution >= 0.6 is 15.9 Å². The first-order valence-electron chi connectivity index (χ1n) is 7.38. The Morgan fingerprint density at radius 1 is 1.16 bits per heavy atom. The minimum absolute atomic E-state index is 0.186. The standard InChI is InChI=1S/C17H25BrO/c1-12-4-7-15(8-5-12)17(11-18)19-16-9-6-13(2)14(3)10-16/h4-5,7-8,13-14,16-17H,6,9-11H2,1-3H3. The number of hydrogen-bond acceptors (Lipinski definition) is 1. The fraction of sp³-hybridized carbons (Fsp3) is 0.647. The number of hydrogen-bond donors (Lipinski definition) is 0.